The topological polar surface area (TPSA) is 12.0 Å². The molecule has 5 aliphatic rings. The number of hydrogen-bond acceptors (Lipinski definition) is 1. The molecular weight excluding hydrogens is 218 g/mol. The lowest BCUT2D eigenvalue weighted by molar-refractivity contribution is -0.0367. The molecule has 1 heteroatoms. The van der Waals surface area contributed by atoms with Crippen molar-refractivity contribution in [3.05, 3.63) is 0 Å². The van der Waals surface area contributed by atoms with Crippen LogP contribution in [0.1, 0.15) is 58.8 Å². The highest BCUT2D eigenvalue weighted by Gasteiger charge is 2.48. The largest absolute Gasteiger partial charge is 0.313 e. The van der Waals surface area contributed by atoms with Gasteiger partial charge in [0.25, 0.3) is 0 Å². The van der Waals surface area contributed by atoms with Gasteiger partial charge in [-0.05, 0) is 93.4 Å². The summed E-state index contributed by atoms with van der Waals surface area (Å²) in [6.07, 6.45) is 10.8. The molecule has 0 aromatic carbocycles. The van der Waals surface area contributed by atoms with Gasteiger partial charge in [-0.15, -0.1) is 0 Å². The van der Waals surface area contributed by atoms with E-state index >= 15 is 0 Å². The van der Waals surface area contributed by atoms with Gasteiger partial charge in [-0.1, -0.05) is 6.92 Å². The van der Waals surface area contributed by atoms with Gasteiger partial charge < -0.3 is 5.32 Å². The molecule has 0 aromatic rings. The number of hydrogen-bond donors (Lipinski definition) is 1. The summed E-state index contributed by atoms with van der Waals surface area (Å²) in [4.78, 5) is 0. The maximum Gasteiger partial charge on any atom is 0.00926 e. The number of rotatable bonds is 4. The Morgan fingerprint density at radius 1 is 1.00 bits per heavy atom. The Labute approximate surface area is 112 Å². The Balaban J connectivity index is 1.37. The van der Waals surface area contributed by atoms with Crippen LogP contribution in [0.15, 0.2) is 0 Å². The Kier molecular flexibility index (Phi) is 2.60. The van der Waals surface area contributed by atoms with E-state index in [1.807, 2.05) is 0 Å². The SMILES string of the molecule is CC(NCC1C2CC3CC(C2)CC1C3)C1(C)CC1. The van der Waals surface area contributed by atoms with Gasteiger partial charge in [-0.2, -0.15) is 0 Å². The molecule has 0 heterocycles. The second kappa shape index (κ2) is 3.98. The lowest BCUT2D eigenvalue weighted by atomic mass is 9.52. The summed E-state index contributed by atoms with van der Waals surface area (Å²) in [7, 11) is 0. The van der Waals surface area contributed by atoms with Gasteiger partial charge in [0.1, 0.15) is 0 Å². The summed E-state index contributed by atoms with van der Waals surface area (Å²) in [6.45, 7) is 6.20. The van der Waals surface area contributed by atoms with Crippen molar-refractivity contribution in [1.82, 2.24) is 5.32 Å². The van der Waals surface area contributed by atoms with E-state index in [4.69, 9.17) is 0 Å². The van der Waals surface area contributed by atoms with Crippen LogP contribution in [0.25, 0.3) is 0 Å². The maximum absolute atomic E-state index is 3.91. The fourth-order valence-corrected chi connectivity index (χ4v) is 5.56. The minimum absolute atomic E-state index is 0.645. The lowest BCUT2D eigenvalue weighted by Crippen LogP contribution is -2.50. The summed E-state index contributed by atoms with van der Waals surface area (Å²) < 4.78 is 0. The molecule has 0 aromatic heterocycles. The third-order valence-electron chi connectivity index (χ3n) is 7.17. The van der Waals surface area contributed by atoms with Crippen molar-refractivity contribution in [1.29, 1.82) is 0 Å². The molecule has 4 bridgehead atoms. The van der Waals surface area contributed by atoms with Gasteiger partial charge in [-0.25, -0.2) is 0 Å². The number of nitrogens with one attached hydrogen (secondary N) is 1. The molecule has 18 heavy (non-hydrogen) atoms. The molecule has 0 spiro atoms. The molecule has 5 rings (SSSR count). The predicted octanol–water partition coefficient (Wildman–Crippen LogP) is 3.84. The van der Waals surface area contributed by atoms with E-state index < -0.39 is 0 Å². The normalized spacial score (nSPS) is 49.3. The van der Waals surface area contributed by atoms with E-state index in [0.29, 0.717) is 5.41 Å². The van der Waals surface area contributed by atoms with Gasteiger partial charge in [-0.3, -0.25) is 0 Å². The fourth-order valence-electron chi connectivity index (χ4n) is 5.56. The van der Waals surface area contributed by atoms with Crippen LogP contribution in [0.5, 0.6) is 0 Å². The molecule has 0 aliphatic heterocycles. The third kappa shape index (κ3) is 1.85. The lowest BCUT2D eigenvalue weighted by Gasteiger charge is -2.54. The zero-order chi connectivity index (χ0) is 12.3. The van der Waals surface area contributed by atoms with Crippen molar-refractivity contribution in [2.24, 2.45) is 35.0 Å². The van der Waals surface area contributed by atoms with Crippen LogP contribution in [-0.4, -0.2) is 12.6 Å². The molecule has 102 valence electrons. The zero-order valence-electron chi connectivity index (χ0n) is 12.1. The van der Waals surface area contributed by atoms with Crippen molar-refractivity contribution in [2.75, 3.05) is 6.54 Å². The second-order valence-corrected chi connectivity index (χ2v) is 8.38. The van der Waals surface area contributed by atoms with Crippen molar-refractivity contribution < 1.29 is 0 Å². The molecule has 1 N–H and O–H groups in total. The first-order chi connectivity index (χ1) is 8.64. The van der Waals surface area contributed by atoms with Crippen LogP contribution >= 0.6 is 0 Å². The fraction of sp³-hybridized carbons (Fsp3) is 1.00. The van der Waals surface area contributed by atoms with E-state index in [2.05, 4.69) is 19.2 Å². The van der Waals surface area contributed by atoms with Crippen LogP contribution in [0.2, 0.25) is 0 Å². The molecule has 0 saturated heterocycles. The van der Waals surface area contributed by atoms with E-state index in [-0.39, 0.29) is 0 Å². The Morgan fingerprint density at radius 2 is 1.56 bits per heavy atom. The van der Waals surface area contributed by atoms with E-state index in [1.165, 1.54) is 19.4 Å². The summed E-state index contributed by atoms with van der Waals surface area (Å²) >= 11 is 0. The molecule has 5 fully saturated rings. The average molecular weight is 247 g/mol. The quantitative estimate of drug-likeness (QED) is 0.796. The van der Waals surface area contributed by atoms with Crippen molar-refractivity contribution in [3.8, 4) is 0 Å². The molecule has 1 nitrogen and oxygen atoms in total. The molecule has 0 amide bonds. The first-order valence-electron chi connectivity index (χ1n) is 8.37. The Hall–Kier alpha value is -0.0400. The molecule has 5 saturated carbocycles. The van der Waals surface area contributed by atoms with Gasteiger partial charge in [0, 0.05) is 6.04 Å². The highest BCUT2D eigenvalue weighted by Crippen LogP contribution is 2.56. The van der Waals surface area contributed by atoms with Gasteiger partial charge >= 0.3 is 0 Å². The molecule has 5 aliphatic carbocycles. The standard InChI is InChI=1S/C17H29N/c1-11(17(2)3-4-17)18-10-16-14-6-12-5-13(8-14)9-15(16)7-12/h11-16,18H,3-10H2,1-2H3. The Bertz CT molecular complexity index is 303. The first-order valence-corrected chi connectivity index (χ1v) is 8.37. The van der Waals surface area contributed by atoms with Crippen molar-refractivity contribution >= 4 is 0 Å². The van der Waals surface area contributed by atoms with Crippen LogP contribution < -0.4 is 5.32 Å². The van der Waals surface area contributed by atoms with Crippen LogP contribution in [0.3, 0.4) is 0 Å². The van der Waals surface area contributed by atoms with E-state index in [9.17, 15) is 0 Å². The Morgan fingerprint density at radius 3 is 2.06 bits per heavy atom. The smallest absolute Gasteiger partial charge is 0.00926 e. The van der Waals surface area contributed by atoms with Crippen LogP contribution in [0, 0.1) is 35.0 Å². The minimum Gasteiger partial charge on any atom is -0.313 e. The predicted molar refractivity (Wildman–Crippen MR) is 75.3 cm³/mol. The summed E-state index contributed by atoms with van der Waals surface area (Å²) in [5.41, 5.74) is 0.645. The highest BCUT2D eigenvalue weighted by molar-refractivity contribution is 5.01. The second-order valence-electron chi connectivity index (χ2n) is 8.38. The van der Waals surface area contributed by atoms with Crippen molar-refractivity contribution in [2.45, 2.75) is 64.8 Å². The molecule has 0 radical (unpaired) electrons. The van der Waals surface area contributed by atoms with Crippen molar-refractivity contribution in [3.63, 3.8) is 0 Å². The van der Waals surface area contributed by atoms with E-state index in [1.54, 1.807) is 32.1 Å². The van der Waals surface area contributed by atoms with Gasteiger partial charge in [0.2, 0.25) is 0 Å². The molecule has 1 unspecified atom stereocenters. The van der Waals surface area contributed by atoms with Gasteiger partial charge in [0.15, 0.2) is 0 Å². The summed E-state index contributed by atoms with van der Waals surface area (Å²) in [5.74, 6) is 5.47. The van der Waals surface area contributed by atoms with Crippen LogP contribution in [0.4, 0.5) is 0 Å². The summed E-state index contributed by atoms with van der Waals surface area (Å²) in [6, 6.07) is 0.745. The minimum atomic E-state index is 0.645. The first kappa shape index (κ1) is 11.8. The third-order valence-corrected chi connectivity index (χ3v) is 7.17. The maximum atomic E-state index is 3.91. The molecular formula is C17H29N. The monoisotopic (exact) mass is 247 g/mol. The van der Waals surface area contributed by atoms with Crippen LogP contribution in [-0.2, 0) is 0 Å². The zero-order valence-corrected chi connectivity index (χ0v) is 12.1. The molecule has 1 atom stereocenters. The van der Waals surface area contributed by atoms with E-state index in [0.717, 1.165) is 35.6 Å². The highest BCUT2D eigenvalue weighted by atomic mass is 14.9. The summed E-state index contributed by atoms with van der Waals surface area (Å²) in [5, 5.41) is 3.91. The van der Waals surface area contributed by atoms with Gasteiger partial charge in [0.05, 0.1) is 0 Å². The average Bonchev–Trinajstić information content (AvgIpc) is 3.06.